The van der Waals surface area contributed by atoms with Gasteiger partial charge in [0.25, 0.3) is 11.8 Å². The van der Waals surface area contributed by atoms with E-state index in [-0.39, 0.29) is 25.7 Å². The molecule has 3 aliphatic heterocycles. The number of hydrogen-bond acceptors (Lipinski definition) is 4. The number of carbonyl (C=O) groups is 3. The monoisotopic (exact) mass is 391 g/mol. The van der Waals surface area contributed by atoms with Crippen LogP contribution in [0.15, 0.2) is 18.2 Å². The lowest BCUT2D eigenvalue weighted by molar-refractivity contribution is -0.457. The molecule has 10 heteroatoms. The number of aromatic nitrogens is 1. The third-order valence-corrected chi connectivity index (χ3v) is 5.58. The fourth-order valence-corrected chi connectivity index (χ4v) is 4.34. The number of nitrogens with zero attached hydrogens (tertiary/aromatic N) is 3. The van der Waals surface area contributed by atoms with E-state index in [9.17, 15) is 14.4 Å². The summed E-state index contributed by atoms with van der Waals surface area (Å²) in [7, 11) is 0. The minimum absolute atomic E-state index is 0.00833. The second-order valence-electron chi connectivity index (χ2n) is 7.45. The Bertz CT molecular complexity index is 950. The van der Waals surface area contributed by atoms with Gasteiger partial charge in [0.2, 0.25) is 0 Å². The third-order valence-electron chi connectivity index (χ3n) is 5.58. The molecule has 0 saturated carbocycles. The summed E-state index contributed by atoms with van der Waals surface area (Å²) in [5, 5.41) is 0.470. The van der Waals surface area contributed by atoms with Gasteiger partial charge in [-0.2, -0.15) is 0 Å². The zero-order valence-electron chi connectivity index (χ0n) is 15.7. The predicted octanol–water partition coefficient (Wildman–Crippen LogP) is 1.66. The highest BCUT2D eigenvalue weighted by Gasteiger charge is 2.54. The molecule has 0 spiro atoms. The predicted molar refractivity (Wildman–Crippen MR) is 95.6 cm³/mol. The molecule has 0 N–H and O–H groups in total. The molecule has 1 aromatic rings. The molecular formula is C18H20BF2N3O4. The molecule has 7 nitrogen and oxygen atoms in total. The highest BCUT2D eigenvalue weighted by Crippen LogP contribution is 2.33. The van der Waals surface area contributed by atoms with Crippen molar-refractivity contribution in [3.8, 4) is 0 Å². The van der Waals surface area contributed by atoms with Gasteiger partial charge in [0.05, 0.1) is 6.42 Å². The summed E-state index contributed by atoms with van der Waals surface area (Å²) in [5.74, 6) is -1.93. The minimum atomic E-state index is -4.03. The van der Waals surface area contributed by atoms with Crippen LogP contribution in [0.3, 0.4) is 0 Å². The molecule has 1 unspecified atom stereocenters. The van der Waals surface area contributed by atoms with E-state index < -0.39 is 30.8 Å². The van der Waals surface area contributed by atoms with Crippen LogP contribution in [0, 0.1) is 13.8 Å². The Hall–Kier alpha value is -2.78. The van der Waals surface area contributed by atoms with Gasteiger partial charge < -0.3 is 22.4 Å². The molecule has 1 atom stereocenters. The molecular weight excluding hydrogens is 371 g/mol. The smallest absolute Gasteiger partial charge is 0.398 e. The van der Waals surface area contributed by atoms with Gasteiger partial charge in [-0.25, -0.2) is 4.79 Å². The molecule has 1 fully saturated rings. The molecule has 0 aromatic carbocycles. The Kier molecular flexibility index (Phi) is 4.24. The molecule has 2 amide bonds. The van der Waals surface area contributed by atoms with Crippen molar-refractivity contribution >= 4 is 30.5 Å². The zero-order chi connectivity index (χ0) is 20.2. The topological polar surface area (TPSA) is 71.6 Å². The molecule has 4 heterocycles. The van der Waals surface area contributed by atoms with Crippen molar-refractivity contribution in [3.05, 3.63) is 35.2 Å². The van der Waals surface area contributed by atoms with E-state index in [1.807, 2.05) is 6.92 Å². The quantitative estimate of drug-likeness (QED) is 0.578. The maximum atomic E-state index is 15.3. The number of amides is 2. The number of rotatable bonds is 4. The number of aryl methyl sites for hydroxylation is 2. The lowest BCUT2D eigenvalue weighted by Gasteiger charge is -2.35. The van der Waals surface area contributed by atoms with E-state index in [0.717, 1.165) is 14.5 Å². The molecule has 1 aromatic heterocycles. The van der Waals surface area contributed by atoms with E-state index in [1.54, 1.807) is 25.1 Å². The Morgan fingerprint density at radius 2 is 1.96 bits per heavy atom. The first kappa shape index (κ1) is 18.6. The van der Waals surface area contributed by atoms with Gasteiger partial charge in [-0.3, -0.25) is 9.59 Å². The first-order valence-electron chi connectivity index (χ1n) is 9.29. The summed E-state index contributed by atoms with van der Waals surface area (Å²) in [6.45, 7) is -0.529. The Balaban J connectivity index is 1.53. The first-order valence-corrected chi connectivity index (χ1v) is 9.29. The molecule has 0 radical (unpaired) electrons. The largest absolute Gasteiger partial charge is 0.732 e. The number of imide groups is 1. The third kappa shape index (κ3) is 2.78. The molecule has 28 heavy (non-hydrogen) atoms. The van der Waals surface area contributed by atoms with Gasteiger partial charge >= 0.3 is 12.9 Å². The molecule has 4 rings (SSSR count). The molecule has 0 aliphatic carbocycles. The number of allylic oxidation sites excluding steroid dienone is 1. The number of hydrogen-bond donors (Lipinski definition) is 0. The van der Waals surface area contributed by atoms with Crippen molar-refractivity contribution in [2.24, 2.45) is 0 Å². The average molecular weight is 391 g/mol. The van der Waals surface area contributed by atoms with E-state index in [2.05, 4.69) is 0 Å². The molecule has 0 bridgehead atoms. The summed E-state index contributed by atoms with van der Waals surface area (Å²) in [6.07, 6.45) is 3.67. The summed E-state index contributed by atoms with van der Waals surface area (Å²) < 4.78 is 32.8. The van der Waals surface area contributed by atoms with E-state index in [1.165, 1.54) is 0 Å². The van der Waals surface area contributed by atoms with E-state index in [0.29, 0.717) is 28.6 Å². The van der Waals surface area contributed by atoms with E-state index in [4.69, 9.17) is 4.84 Å². The van der Waals surface area contributed by atoms with Crippen molar-refractivity contribution in [1.82, 2.24) is 9.54 Å². The highest BCUT2D eigenvalue weighted by atomic mass is 19.2. The van der Waals surface area contributed by atoms with Gasteiger partial charge in [-0.05, 0) is 42.9 Å². The molecule has 1 saturated heterocycles. The van der Waals surface area contributed by atoms with Crippen LogP contribution in [0.25, 0.3) is 0 Å². The minimum Gasteiger partial charge on any atom is -0.398 e. The summed E-state index contributed by atoms with van der Waals surface area (Å²) >= 11 is 0. The Morgan fingerprint density at radius 3 is 2.64 bits per heavy atom. The van der Waals surface area contributed by atoms with Crippen molar-refractivity contribution in [2.45, 2.75) is 52.0 Å². The normalized spacial score (nSPS) is 22.7. The lowest BCUT2D eigenvalue weighted by atomic mass is 9.86. The van der Waals surface area contributed by atoms with Gasteiger partial charge in [0, 0.05) is 31.8 Å². The van der Waals surface area contributed by atoms with Crippen LogP contribution in [-0.4, -0.2) is 50.5 Å². The second-order valence-corrected chi connectivity index (χ2v) is 7.45. The molecule has 148 valence electrons. The fraction of sp³-hybridized carbons (Fsp3) is 0.444. The van der Waals surface area contributed by atoms with E-state index >= 15 is 8.63 Å². The van der Waals surface area contributed by atoms with Gasteiger partial charge in [-0.1, -0.05) is 0 Å². The SMILES string of the molecule is Cc1cc(C)n2c1CC1C=CC(CCC(=O)ON3C(=O)CCC3=O)=[N+]1[B-]2(F)F. The van der Waals surface area contributed by atoms with Crippen LogP contribution in [0.1, 0.15) is 42.6 Å². The zero-order valence-corrected chi connectivity index (χ0v) is 15.7. The van der Waals surface area contributed by atoms with Crippen LogP contribution in [0.2, 0.25) is 0 Å². The van der Waals surface area contributed by atoms with Gasteiger partial charge in [-0.15, -0.1) is 5.06 Å². The van der Waals surface area contributed by atoms with Crippen LogP contribution in [0.4, 0.5) is 8.63 Å². The first-order chi connectivity index (χ1) is 13.2. The van der Waals surface area contributed by atoms with Crippen LogP contribution < -0.4 is 0 Å². The van der Waals surface area contributed by atoms with Crippen LogP contribution in [0.5, 0.6) is 0 Å². The van der Waals surface area contributed by atoms with Crippen molar-refractivity contribution in [3.63, 3.8) is 0 Å². The fourth-order valence-electron chi connectivity index (χ4n) is 4.34. The number of halogens is 2. The Labute approximate surface area is 160 Å². The van der Waals surface area contributed by atoms with Gasteiger partial charge in [0.15, 0.2) is 0 Å². The average Bonchev–Trinajstić information content (AvgIpc) is 3.26. The van der Waals surface area contributed by atoms with Gasteiger partial charge in [0.1, 0.15) is 11.8 Å². The van der Waals surface area contributed by atoms with Crippen LogP contribution >= 0.6 is 0 Å². The lowest BCUT2D eigenvalue weighted by Crippen LogP contribution is -2.57. The summed E-state index contributed by atoms with van der Waals surface area (Å²) in [5.41, 5.74) is 2.35. The maximum Gasteiger partial charge on any atom is 0.732 e. The summed E-state index contributed by atoms with van der Waals surface area (Å²) in [6, 6.07) is 1.31. The summed E-state index contributed by atoms with van der Waals surface area (Å²) in [4.78, 5) is 39.8. The standard InChI is InChI=1S/C18H20BF2N3O4/c1-11-9-12(2)22-15(11)10-14-4-3-13(23(14)19(22,20)21)5-8-18(27)28-24-16(25)6-7-17(24)26/h3-4,9,14H,5-8,10H2,1-2H3. The maximum absolute atomic E-state index is 15.3. The highest BCUT2D eigenvalue weighted by molar-refractivity contribution is 6.57. The second kappa shape index (κ2) is 6.39. The van der Waals surface area contributed by atoms with Crippen molar-refractivity contribution in [2.75, 3.05) is 0 Å². The van der Waals surface area contributed by atoms with Crippen molar-refractivity contribution < 1.29 is 32.3 Å². The number of carbonyl (C=O) groups excluding carboxylic acids is 3. The van der Waals surface area contributed by atoms with Crippen molar-refractivity contribution in [1.29, 1.82) is 0 Å². The number of fused-ring (bicyclic) bond motifs is 2. The Morgan fingerprint density at radius 1 is 1.29 bits per heavy atom. The van der Waals surface area contributed by atoms with Crippen LogP contribution in [-0.2, 0) is 25.6 Å². The number of hydroxylamine groups is 2. The molecule has 3 aliphatic rings.